The zero-order chi connectivity index (χ0) is 14.8. The first-order valence-electron chi connectivity index (χ1n) is 8.30. The maximum Gasteiger partial charge on any atom is 0.461 e. The molecule has 1 atom stereocenters. The maximum atomic E-state index is 6.46. The summed E-state index contributed by atoms with van der Waals surface area (Å²) in [5.74, 6) is 1.42. The van der Waals surface area contributed by atoms with Gasteiger partial charge in [-0.05, 0) is 18.8 Å². The number of hydrogen-bond acceptors (Lipinski definition) is 2. The van der Waals surface area contributed by atoms with Crippen LogP contribution >= 0.6 is 0 Å². The molecule has 114 valence electrons. The lowest BCUT2D eigenvalue weighted by molar-refractivity contribution is 0.0200. The molecule has 0 aliphatic rings. The molecule has 0 spiro atoms. The Bertz CT molecular complexity index is 193. The summed E-state index contributed by atoms with van der Waals surface area (Å²) in [6, 6.07) is 0. The van der Waals surface area contributed by atoms with E-state index in [0.717, 1.165) is 13.1 Å². The summed E-state index contributed by atoms with van der Waals surface area (Å²) in [5, 5.41) is 2.66. The Morgan fingerprint density at radius 3 is 1.58 bits per heavy atom. The van der Waals surface area contributed by atoms with Crippen molar-refractivity contribution in [2.24, 2.45) is 11.8 Å². The fourth-order valence-electron chi connectivity index (χ4n) is 2.60. The van der Waals surface area contributed by atoms with Crippen molar-refractivity contribution in [3.8, 4) is 0 Å². The van der Waals surface area contributed by atoms with E-state index in [1.165, 1.54) is 23.4 Å². The molecule has 0 saturated carbocycles. The van der Waals surface area contributed by atoms with Crippen LogP contribution in [0.1, 0.15) is 61.3 Å². The molecular weight excluding hydrogens is 249 g/mol. The highest BCUT2D eigenvalue weighted by atomic mass is 27.2. The third-order valence-corrected chi connectivity index (χ3v) is 6.55. The molecular formula is C16H36AlNO. The lowest BCUT2D eigenvalue weighted by Crippen LogP contribution is -2.42. The summed E-state index contributed by atoms with van der Waals surface area (Å²) < 4.78 is 6.46. The van der Waals surface area contributed by atoms with Crippen molar-refractivity contribution in [2.75, 3.05) is 13.1 Å². The SMILES string of the molecule is CC[CH2][Al]([CH2]CC)[O]C(C)N(CC(C)C)CC(C)C. The molecule has 0 saturated heterocycles. The predicted octanol–water partition coefficient (Wildman–Crippen LogP) is 4.77. The summed E-state index contributed by atoms with van der Waals surface area (Å²) >= 11 is -0.980. The maximum absolute atomic E-state index is 6.46. The first-order valence-corrected chi connectivity index (χ1v) is 10.4. The van der Waals surface area contributed by atoms with Gasteiger partial charge in [-0.15, -0.1) is 0 Å². The minimum absolute atomic E-state index is 0.305. The van der Waals surface area contributed by atoms with Crippen LogP contribution in [-0.2, 0) is 3.79 Å². The van der Waals surface area contributed by atoms with E-state index in [2.05, 4.69) is 53.4 Å². The number of nitrogens with zero attached hydrogens (tertiary/aromatic N) is 1. The minimum Gasteiger partial charge on any atom is -0.487 e. The van der Waals surface area contributed by atoms with Gasteiger partial charge in [-0.1, -0.05) is 64.9 Å². The van der Waals surface area contributed by atoms with Crippen molar-refractivity contribution >= 4 is 14.5 Å². The molecule has 1 unspecified atom stereocenters. The van der Waals surface area contributed by atoms with E-state index in [9.17, 15) is 0 Å². The van der Waals surface area contributed by atoms with Gasteiger partial charge in [-0.3, -0.25) is 4.90 Å². The van der Waals surface area contributed by atoms with Crippen LogP contribution in [0.3, 0.4) is 0 Å². The van der Waals surface area contributed by atoms with Crippen molar-refractivity contribution < 1.29 is 3.79 Å². The van der Waals surface area contributed by atoms with Crippen molar-refractivity contribution in [3.05, 3.63) is 0 Å². The van der Waals surface area contributed by atoms with Gasteiger partial charge in [0, 0.05) is 13.1 Å². The standard InChI is InChI=1S/C10H22NO.2C3H7.Al/c1-8(2)6-11(10(5)12)7-9(3)4;2*1-3-2;/h8-10H,6-7H2,1-5H3;2*1,3H2,2H3;/q-1;;;+1. The topological polar surface area (TPSA) is 12.5 Å². The van der Waals surface area contributed by atoms with Crippen molar-refractivity contribution in [3.63, 3.8) is 0 Å². The van der Waals surface area contributed by atoms with Crippen LogP contribution in [0.4, 0.5) is 0 Å². The monoisotopic (exact) mass is 285 g/mol. The first kappa shape index (κ1) is 19.5. The second-order valence-corrected chi connectivity index (χ2v) is 9.35. The zero-order valence-corrected chi connectivity index (χ0v) is 15.6. The summed E-state index contributed by atoms with van der Waals surface area (Å²) in [6.07, 6.45) is 2.86. The molecule has 19 heavy (non-hydrogen) atoms. The summed E-state index contributed by atoms with van der Waals surface area (Å²) in [5.41, 5.74) is 0. The second-order valence-electron chi connectivity index (χ2n) is 6.68. The van der Waals surface area contributed by atoms with E-state index < -0.39 is 14.5 Å². The molecule has 0 radical (unpaired) electrons. The van der Waals surface area contributed by atoms with E-state index in [-0.39, 0.29) is 0 Å². The summed E-state index contributed by atoms with van der Waals surface area (Å²) in [7, 11) is 0. The van der Waals surface area contributed by atoms with Crippen LogP contribution in [0.5, 0.6) is 0 Å². The molecule has 0 N–H and O–H groups in total. The van der Waals surface area contributed by atoms with Crippen molar-refractivity contribution in [1.29, 1.82) is 0 Å². The van der Waals surface area contributed by atoms with Gasteiger partial charge in [0.25, 0.3) is 0 Å². The van der Waals surface area contributed by atoms with Gasteiger partial charge in [-0.2, -0.15) is 0 Å². The molecule has 0 rings (SSSR count). The summed E-state index contributed by atoms with van der Waals surface area (Å²) in [4.78, 5) is 2.54. The smallest absolute Gasteiger partial charge is 0.461 e. The minimum atomic E-state index is -0.980. The van der Waals surface area contributed by atoms with E-state index in [0.29, 0.717) is 18.1 Å². The third-order valence-electron chi connectivity index (χ3n) is 3.32. The van der Waals surface area contributed by atoms with Gasteiger partial charge >= 0.3 is 14.5 Å². The Labute approximate surface area is 126 Å². The fourth-order valence-corrected chi connectivity index (χ4v) is 5.18. The molecule has 0 heterocycles. The lowest BCUT2D eigenvalue weighted by Gasteiger charge is -2.34. The molecule has 0 aromatic rings. The van der Waals surface area contributed by atoms with Crippen LogP contribution in [0.25, 0.3) is 0 Å². The Morgan fingerprint density at radius 1 is 0.842 bits per heavy atom. The average molecular weight is 285 g/mol. The molecule has 0 aliphatic carbocycles. The molecule has 0 amide bonds. The quantitative estimate of drug-likeness (QED) is 0.400. The Kier molecular flexibility index (Phi) is 11.4. The van der Waals surface area contributed by atoms with Gasteiger partial charge in [0.05, 0.1) is 6.23 Å². The highest BCUT2D eigenvalue weighted by Crippen LogP contribution is 2.15. The van der Waals surface area contributed by atoms with Crippen LogP contribution in [0.2, 0.25) is 10.6 Å². The highest BCUT2D eigenvalue weighted by Gasteiger charge is 2.24. The molecule has 0 aliphatic heterocycles. The normalized spacial score (nSPS) is 13.6. The highest BCUT2D eigenvalue weighted by molar-refractivity contribution is 6.51. The van der Waals surface area contributed by atoms with E-state index in [1.54, 1.807) is 0 Å². The second kappa shape index (κ2) is 11.1. The van der Waals surface area contributed by atoms with E-state index in [1.807, 2.05) is 0 Å². The van der Waals surface area contributed by atoms with Gasteiger partial charge in [0.2, 0.25) is 0 Å². The van der Waals surface area contributed by atoms with Crippen molar-refractivity contribution in [2.45, 2.75) is 78.1 Å². The van der Waals surface area contributed by atoms with Crippen LogP contribution in [0, 0.1) is 11.8 Å². The summed E-state index contributed by atoms with van der Waals surface area (Å²) in [6.45, 7) is 18.3. The van der Waals surface area contributed by atoms with Gasteiger partial charge < -0.3 is 3.79 Å². The number of rotatable bonds is 11. The lowest BCUT2D eigenvalue weighted by atomic mass is 10.1. The van der Waals surface area contributed by atoms with Gasteiger partial charge in [-0.25, -0.2) is 0 Å². The van der Waals surface area contributed by atoms with E-state index >= 15 is 0 Å². The van der Waals surface area contributed by atoms with Crippen LogP contribution < -0.4 is 0 Å². The predicted molar refractivity (Wildman–Crippen MR) is 87.7 cm³/mol. The fraction of sp³-hybridized carbons (Fsp3) is 1.00. The number of hydrogen-bond donors (Lipinski definition) is 0. The van der Waals surface area contributed by atoms with Crippen molar-refractivity contribution in [1.82, 2.24) is 4.90 Å². The van der Waals surface area contributed by atoms with Crippen LogP contribution in [0.15, 0.2) is 0 Å². The Hall–Kier alpha value is 0.452. The Balaban J connectivity index is 4.44. The molecule has 0 fully saturated rings. The molecule has 0 aromatic heterocycles. The largest absolute Gasteiger partial charge is 0.487 e. The average Bonchev–Trinajstić information content (AvgIpc) is 2.27. The first-order chi connectivity index (χ1) is 8.90. The molecule has 0 aromatic carbocycles. The zero-order valence-electron chi connectivity index (χ0n) is 14.4. The third kappa shape index (κ3) is 9.91. The van der Waals surface area contributed by atoms with Gasteiger partial charge in [0.1, 0.15) is 0 Å². The molecule has 0 bridgehead atoms. The Morgan fingerprint density at radius 2 is 1.26 bits per heavy atom. The van der Waals surface area contributed by atoms with Crippen LogP contribution in [-0.4, -0.2) is 38.7 Å². The molecule has 3 heteroatoms. The van der Waals surface area contributed by atoms with E-state index in [4.69, 9.17) is 3.79 Å². The molecule has 2 nitrogen and oxygen atoms in total. The van der Waals surface area contributed by atoms with Gasteiger partial charge in [0.15, 0.2) is 0 Å².